The molecule has 27 heavy (non-hydrogen) atoms. The predicted octanol–water partition coefficient (Wildman–Crippen LogP) is 3.26. The van der Waals surface area contributed by atoms with Crippen LogP contribution in [0.1, 0.15) is 60.5 Å². The molecular weight excluding hydrogens is 340 g/mol. The molecule has 0 bridgehead atoms. The number of hydrogen-bond donors (Lipinski definition) is 1. The second-order valence-corrected chi connectivity index (χ2v) is 8.25. The summed E-state index contributed by atoms with van der Waals surface area (Å²) in [5, 5.41) is 11.4. The van der Waals surface area contributed by atoms with Crippen LogP contribution >= 0.6 is 0 Å². The van der Waals surface area contributed by atoms with E-state index in [4.69, 9.17) is 9.72 Å². The smallest absolute Gasteiger partial charge is 0.254 e. The van der Waals surface area contributed by atoms with E-state index in [0.717, 1.165) is 35.0 Å². The number of benzene rings is 1. The second-order valence-electron chi connectivity index (χ2n) is 8.25. The second kappa shape index (κ2) is 6.57. The quantitative estimate of drug-likeness (QED) is 0.886. The van der Waals surface area contributed by atoms with Crippen molar-refractivity contribution in [1.29, 1.82) is 0 Å². The summed E-state index contributed by atoms with van der Waals surface area (Å²) < 4.78 is 5.98. The van der Waals surface area contributed by atoms with Gasteiger partial charge in [0, 0.05) is 36.7 Å². The summed E-state index contributed by atoms with van der Waals surface area (Å²) in [4.78, 5) is 20.1. The number of rotatable bonds is 2. The Labute approximate surface area is 159 Å². The number of para-hydroxylation sites is 1. The van der Waals surface area contributed by atoms with E-state index in [-0.39, 0.29) is 5.91 Å². The van der Waals surface area contributed by atoms with Crippen molar-refractivity contribution < 1.29 is 14.6 Å². The van der Waals surface area contributed by atoms with Crippen LogP contribution in [0, 0.1) is 0 Å². The number of fused-ring (bicyclic) bond motifs is 1. The Balaban J connectivity index is 1.41. The van der Waals surface area contributed by atoms with Gasteiger partial charge in [-0.25, -0.2) is 0 Å². The van der Waals surface area contributed by atoms with Crippen LogP contribution in [0.5, 0.6) is 0 Å². The van der Waals surface area contributed by atoms with Gasteiger partial charge in [0.2, 0.25) is 0 Å². The molecule has 1 aromatic heterocycles. The summed E-state index contributed by atoms with van der Waals surface area (Å²) in [7, 11) is 0. The van der Waals surface area contributed by atoms with Gasteiger partial charge in [0.15, 0.2) is 0 Å². The van der Waals surface area contributed by atoms with Crippen LogP contribution in [0.3, 0.4) is 0 Å². The SMILES string of the molecule is O=C(c1cc(C2CC2)nc2ccccc12)N1CCC2(CC1)OCCC[C@H]2O. The van der Waals surface area contributed by atoms with E-state index in [2.05, 4.69) is 0 Å². The van der Waals surface area contributed by atoms with Crippen molar-refractivity contribution in [2.75, 3.05) is 19.7 Å². The first-order chi connectivity index (χ1) is 13.2. The third-order valence-corrected chi connectivity index (χ3v) is 6.48. The summed E-state index contributed by atoms with van der Waals surface area (Å²) in [5.74, 6) is 0.590. The molecule has 1 spiro atoms. The molecule has 1 atom stereocenters. The fourth-order valence-corrected chi connectivity index (χ4v) is 4.61. The molecule has 1 N–H and O–H groups in total. The third kappa shape index (κ3) is 3.03. The third-order valence-electron chi connectivity index (χ3n) is 6.48. The summed E-state index contributed by atoms with van der Waals surface area (Å²) in [6.45, 7) is 1.97. The molecule has 5 nitrogen and oxygen atoms in total. The number of aromatic nitrogens is 1. The van der Waals surface area contributed by atoms with Crippen LogP contribution in [0.25, 0.3) is 10.9 Å². The Hall–Kier alpha value is -1.98. The summed E-state index contributed by atoms with van der Waals surface area (Å²) in [6.07, 6.45) is 5.05. The van der Waals surface area contributed by atoms with E-state index < -0.39 is 11.7 Å². The topological polar surface area (TPSA) is 62.7 Å². The van der Waals surface area contributed by atoms with Gasteiger partial charge in [-0.05, 0) is 50.7 Å². The maximum absolute atomic E-state index is 13.4. The minimum absolute atomic E-state index is 0.0793. The number of piperidine rings is 1. The molecular formula is C22H26N2O3. The van der Waals surface area contributed by atoms with Crippen molar-refractivity contribution in [3.05, 3.63) is 41.6 Å². The number of amides is 1. The minimum Gasteiger partial charge on any atom is -0.390 e. The number of aliphatic hydroxyl groups excluding tert-OH is 1. The maximum atomic E-state index is 13.4. The number of likely N-dealkylation sites (tertiary alicyclic amines) is 1. The molecule has 1 aromatic carbocycles. The Morgan fingerprint density at radius 3 is 2.70 bits per heavy atom. The minimum atomic E-state index is -0.450. The zero-order chi connectivity index (χ0) is 18.4. The molecule has 3 heterocycles. The lowest BCUT2D eigenvalue weighted by atomic mass is 9.82. The number of ether oxygens (including phenoxy) is 1. The summed E-state index contributed by atoms with van der Waals surface area (Å²) in [5.41, 5.74) is 2.28. The van der Waals surface area contributed by atoms with E-state index in [9.17, 15) is 9.90 Å². The molecule has 142 valence electrons. The van der Waals surface area contributed by atoms with Crippen molar-refractivity contribution in [1.82, 2.24) is 9.88 Å². The van der Waals surface area contributed by atoms with Crippen LogP contribution in [-0.4, -0.2) is 52.3 Å². The highest BCUT2D eigenvalue weighted by Crippen LogP contribution is 2.41. The van der Waals surface area contributed by atoms with Gasteiger partial charge in [-0.1, -0.05) is 18.2 Å². The van der Waals surface area contributed by atoms with Crippen molar-refractivity contribution >= 4 is 16.8 Å². The molecule has 3 aliphatic rings. The van der Waals surface area contributed by atoms with Crippen molar-refractivity contribution in [3.63, 3.8) is 0 Å². The molecule has 2 aromatic rings. The monoisotopic (exact) mass is 366 g/mol. The van der Waals surface area contributed by atoms with Crippen molar-refractivity contribution in [2.45, 2.75) is 56.1 Å². The number of carbonyl (C=O) groups is 1. The molecule has 1 saturated carbocycles. The average molecular weight is 366 g/mol. The molecule has 5 heteroatoms. The number of nitrogens with zero attached hydrogens (tertiary/aromatic N) is 2. The first-order valence-electron chi connectivity index (χ1n) is 10.2. The number of carbonyl (C=O) groups excluding carboxylic acids is 1. The van der Waals surface area contributed by atoms with Gasteiger partial charge in [-0.3, -0.25) is 9.78 Å². The average Bonchev–Trinajstić information content (AvgIpc) is 3.55. The first-order valence-corrected chi connectivity index (χ1v) is 10.2. The summed E-state index contributed by atoms with van der Waals surface area (Å²) in [6, 6.07) is 9.95. The zero-order valence-corrected chi connectivity index (χ0v) is 15.6. The number of aliphatic hydroxyl groups is 1. The molecule has 0 radical (unpaired) electrons. The van der Waals surface area contributed by atoms with Crippen LogP contribution in [0.4, 0.5) is 0 Å². The molecule has 1 aliphatic carbocycles. The standard InChI is InChI=1S/C22H26N2O3/c25-20-6-3-13-27-22(20)9-11-24(12-10-22)21(26)17-14-19(15-7-8-15)23-18-5-2-1-4-16(17)18/h1-2,4-5,14-15,20,25H,3,6-13H2/t20-/m1/s1. The van der Waals surface area contributed by atoms with Crippen LogP contribution in [-0.2, 0) is 4.74 Å². The fourth-order valence-electron chi connectivity index (χ4n) is 4.61. The van der Waals surface area contributed by atoms with Gasteiger partial charge in [0.1, 0.15) is 0 Å². The molecule has 1 amide bonds. The molecule has 5 rings (SSSR count). The lowest BCUT2D eigenvalue weighted by Gasteiger charge is -2.46. The zero-order valence-electron chi connectivity index (χ0n) is 15.6. The maximum Gasteiger partial charge on any atom is 0.254 e. The fraction of sp³-hybridized carbons (Fsp3) is 0.545. The van der Waals surface area contributed by atoms with E-state index >= 15 is 0 Å². The van der Waals surface area contributed by atoms with E-state index in [0.29, 0.717) is 38.5 Å². The van der Waals surface area contributed by atoms with E-state index in [1.54, 1.807) is 0 Å². The van der Waals surface area contributed by atoms with Gasteiger partial charge < -0.3 is 14.7 Å². The van der Waals surface area contributed by atoms with Gasteiger partial charge in [-0.2, -0.15) is 0 Å². The van der Waals surface area contributed by atoms with Crippen LogP contribution in [0.15, 0.2) is 30.3 Å². The lowest BCUT2D eigenvalue weighted by Crippen LogP contribution is -2.56. The highest BCUT2D eigenvalue weighted by atomic mass is 16.5. The largest absolute Gasteiger partial charge is 0.390 e. The number of hydrogen-bond acceptors (Lipinski definition) is 4. The normalized spacial score (nSPS) is 25.1. The molecule has 3 fully saturated rings. The lowest BCUT2D eigenvalue weighted by molar-refractivity contribution is -0.174. The van der Waals surface area contributed by atoms with Gasteiger partial charge >= 0.3 is 0 Å². The molecule has 0 unspecified atom stereocenters. The predicted molar refractivity (Wildman–Crippen MR) is 103 cm³/mol. The Morgan fingerprint density at radius 1 is 1.19 bits per heavy atom. The molecule has 2 saturated heterocycles. The van der Waals surface area contributed by atoms with Gasteiger partial charge in [0.25, 0.3) is 5.91 Å². The summed E-state index contributed by atoms with van der Waals surface area (Å²) >= 11 is 0. The highest BCUT2D eigenvalue weighted by molar-refractivity contribution is 6.06. The highest BCUT2D eigenvalue weighted by Gasteiger charge is 2.44. The van der Waals surface area contributed by atoms with Crippen molar-refractivity contribution in [3.8, 4) is 0 Å². The van der Waals surface area contributed by atoms with Crippen molar-refractivity contribution in [2.24, 2.45) is 0 Å². The van der Waals surface area contributed by atoms with Gasteiger partial charge in [0.05, 0.1) is 22.8 Å². The molecule has 2 aliphatic heterocycles. The van der Waals surface area contributed by atoms with E-state index in [1.165, 1.54) is 12.8 Å². The van der Waals surface area contributed by atoms with Crippen LogP contribution < -0.4 is 0 Å². The van der Waals surface area contributed by atoms with E-state index in [1.807, 2.05) is 35.2 Å². The first kappa shape index (κ1) is 17.1. The Bertz CT molecular complexity index is 869. The van der Waals surface area contributed by atoms with Gasteiger partial charge in [-0.15, -0.1) is 0 Å². The number of pyridine rings is 1. The Morgan fingerprint density at radius 2 is 1.96 bits per heavy atom. The van der Waals surface area contributed by atoms with Crippen LogP contribution in [0.2, 0.25) is 0 Å². The Kier molecular flexibility index (Phi) is 4.17.